The number of nitrogens with one attached hydrogen (secondary N) is 1. The van der Waals surface area contributed by atoms with Gasteiger partial charge in [-0.3, -0.25) is 4.90 Å². The van der Waals surface area contributed by atoms with Gasteiger partial charge in [-0.15, -0.1) is 0 Å². The summed E-state index contributed by atoms with van der Waals surface area (Å²) in [7, 11) is -3.58. The van der Waals surface area contributed by atoms with Crippen molar-refractivity contribution in [2.24, 2.45) is 0 Å². The number of fused-ring (bicyclic) bond motifs is 1. The van der Waals surface area contributed by atoms with Crippen LogP contribution in [-0.2, 0) is 22.1 Å². The van der Waals surface area contributed by atoms with Crippen LogP contribution in [0.3, 0.4) is 0 Å². The van der Waals surface area contributed by atoms with Crippen molar-refractivity contribution in [1.82, 2.24) is 20.0 Å². The molecule has 166 valence electrons. The van der Waals surface area contributed by atoms with E-state index in [1.54, 1.807) is 24.3 Å². The predicted molar refractivity (Wildman–Crippen MR) is 118 cm³/mol. The molecule has 1 saturated heterocycles. The Balaban J connectivity index is 1.35. The van der Waals surface area contributed by atoms with Crippen molar-refractivity contribution < 1.29 is 18.0 Å². The van der Waals surface area contributed by atoms with E-state index in [9.17, 15) is 13.5 Å². The molecule has 8 nitrogen and oxygen atoms in total. The molecule has 2 aromatic carbocycles. The summed E-state index contributed by atoms with van der Waals surface area (Å²) in [5, 5.41) is 15.3. The van der Waals surface area contributed by atoms with Crippen LogP contribution in [0.1, 0.15) is 35.3 Å². The zero-order valence-corrected chi connectivity index (χ0v) is 18.4. The zero-order chi connectivity index (χ0) is 22.3. The molecule has 2 atom stereocenters. The van der Waals surface area contributed by atoms with Gasteiger partial charge in [0.2, 0.25) is 5.89 Å². The number of para-hydroxylation sites is 1. The van der Waals surface area contributed by atoms with Gasteiger partial charge in [-0.2, -0.15) is 4.98 Å². The van der Waals surface area contributed by atoms with Crippen LogP contribution in [0.2, 0.25) is 0 Å². The van der Waals surface area contributed by atoms with Crippen molar-refractivity contribution in [2.75, 3.05) is 6.54 Å². The van der Waals surface area contributed by atoms with Crippen LogP contribution in [0, 0.1) is 6.92 Å². The first-order valence-electron chi connectivity index (χ1n) is 10.5. The number of aromatic amines is 1. The van der Waals surface area contributed by atoms with Crippen LogP contribution in [0.5, 0.6) is 0 Å². The van der Waals surface area contributed by atoms with Crippen LogP contribution in [0.15, 0.2) is 64.1 Å². The quantitative estimate of drug-likeness (QED) is 0.462. The summed E-state index contributed by atoms with van der Waals surface area (Å²) in [5.74, 6) is 0.113. The van der Waals surface area contributed by atoms with Gasteiger partial charge in [0.25, 0.3) is 0 Å². The van der Waals surface area contributed by atoms with Gasteiger partial charge in [0, 0.05) is 30.2 Å². The minimum Gasteiger partial charge on any atom is -0.392 e. The van der Waals surface area contributed by atoms with Gasteiger partial charge in [-0.25, -0.2) is 8.42 Å². The lowest BCUT2D eigenvalue weighted by molar-refractivity contribution is 0.169. The lowest BCUT2D eigenvalue weighted by Crippen LogP contribution is -2.24. The van der Waals surface area contributed by atoms with Gasteiger partial charge < -0.3 is 14.6 Å². The highest BCUT2D eigenvalue weighted by Crippen LogP contribution is 2.34. The lowest BCUT2D eigenvalue weighted by Gasteiger charge is -2.20. The number of nitrogens with zero attached hydrogens (tertiary/aromatic N) is 3. The molecule has 0 unspecified atom stereocenters. The van der Waals surface area contributed by atoms with Crippen molar-refractivity contribution in [3.8, 4) is 0 Å². The number of benzene rings is 2. The average molecular weight is 453 g/mol. The number of H-pyrrole nitrogens is 1. The Morgan fingerprint density at radius 1 is 1.19 bits per heavy atom. The Kier molecular flexibility index (Phi) is 5.32. The molecule has 0 bridgehead atoms. The summed E-state index contributed by atoms with van der Waals surface area (Å²) >= 11 is 0. The Hall–Kier alpha value is -3.01. The molecule has 2 aromatic heterocycles. The number of sulfone groups is 1. The number of rotatable bonds is 6. The Morgan fingerprint density at radius 2 is 1.97 bits per heavy atom. The molecule has 0 spiro atoms. The molecule has 1 aliphatic rings. The molecule has 3 heterocycles. The van der Waals surface area contributed by atoms with Crippen LogP contribution in [0.25, 0.3) is 10.9 Å². The first kappa shape index (κ1) is 20.9. The molecular formula is C23H24N4O4S. The third-order valence-corrected chi connectivity index (χ3v) is 7.53. The number of hydrogen-bond donors (Lipinski definition) is 2. The van der Waals surface area contributed by atoms with Gasteiger partial charge in [0.15, 0.2) is 15.7 Å². The number of aromatic nitrogens is 3. The summed E-state index contributed by atoms with van der Waals surface area (Å²) in [6.07, 6.45) is 1.91. The van der Waals surface area contributed by atoms with Crippen LogP contribution in [-0.4, -0.2) is 46.2 Å². The highest BCUT2D eigenvalue weighted by atomic mass is 32.2. The van der Waals surface area contributed by atoms with E-state index in [0.717, 1.165) is 22.0 Å². The van der Waals surface area contributed by atoms with E-state index in [-0.39, 0.29) is 22.5 Å². The Bertz CT molecular complexity index is 1340. The summed E-state index contributed by atoms with van der Waals surface area (Å²) < 4.78 is 30.9. The van der Waals surface area contributed by atoms with Crippen LogP contribution in [0.4, 0.5) is 0 Å². The van der Waals surface area contributed by atoms with E-state index in [2.05, 4.69) is 26.1 Å². The van der Waals surface area contributed by atoms with Crippen molar-refractivity contribution in [3.63, 3.8) is 0 Å². The van der Waals surface area contributed by atoms with Crippen LogP contribution >= 0.6 is 0 Å². The monoisotopic (exact) mass is 452 g/mol. The molecular weight excluding hydrogens is 428 g/mol. The molecule has 9 heteroatoms. The van der Waals surface area contributed by atoms with E-state index >= 15 is 0 Å². The zero-order valence-electron chi connectivity index (χ0n) is 17.6. The third-order valence-electron chi connectivity index (χ3n) is 5.90. The van der Waals surface area contributed by atoms with Gasteiger partial charge in [-0.1, -0.05) is 41.1 Å². The molecule has 1 aliphatic heterocycles. The van der Waals surface area contributed by atoms with E-state index in [1.165, 1.54) is 0 Å². The standard InChI is InChI=1S/C23H24N4O4S/c1-15-6-8-18(9-7-15)32(29,30)14-22-25-23(31-26-22)21-10-17(28)13-27(21)12-16-11-24-20-5-3-2-4-19(16)20/h2-9,11,17,21,24,28H,10,12-14H2,1H3/t17-,21+/m1/s1. The fraction of sp³-hybridized carbons (Fsp3) is 0.304. The minimum absolute atomic E-state index is 0.119. The Morgan fingerprint density at radius 3 is 2.78 bits per heavy atom. The number of β-amino-alcohol motifs (C(OH)–C–C–N with tert-alkyl or cyclic N) is 1. The van der Waals surface area contributed by atoms with Crippen LogP contribution < -0.4 is 0 Å². The van der Waals surface area contributed by atoms with Gasteiger partial charge in [0.05, 0.1) is 17.0 Å². The average Bonchev–Trinajstić information content (AvgIpc) is 3.48. The van der Waals surface area contributed by atoms with Crippen molar-refractivity contribution in [3.05, 3.63) is 77.6 Å². The number of aliphatic hydroxyl groups excluding tert-OH is 1. The summed E-state index contributed by atoms with van der Waals surface area (Å²) in [6, 6.07) is 14.5. The first-order valence-corrected chi connectivity index (χ1v) is 12.1. The molecule has 0 saturated carbocycles. The van der Waals surface area contributed by atoms with Gasteiger partial charge in [0.1, 0.15) is 5.75 Å². The molecule has 4 aromatic rings. The lowest BCUT2D eigenvalue weighted by atomic mass is 10.1. The number of aliphatic hydroxyl groups is 1. The van der Waals surface area contributed by atoms with Gasteiger partial charge in [-0.05, 0) is 37.1 Å². The second-order valence-electron chi connectivity index (χ2n) is 8.32. The maximum absolute atomic E-state index is 12.7. The van der Waals surface area contributed by atoms with E-state index in [4.69, 9.17) is 4.52 Å². The maximum atomic E-state index is 12.7. The molecule has 1 fully saturated rings. The topological polar surface area (TPSA) is 112 Å². The summed E-state index contributed by atoms with van der Waals surface area (Å²) in [4.78, 5) is 9.97. The Labute approximate surface area is 185 Å². The SMILES string of the molecule is Cc1ccc(S(=O)(=O)Cc2noc([C@@H]3C[C@@H](O)CN3Cc3c[nH]c4ccccc34)n2)cc1. The first-order chi connectivity index (χ1) is 15.4. The second kappa shape index (κ2) is 8.16. The highest BCUT2D eigenvalue weighted by Gasteiger charge is 2.36. The fourth-order valence-electron chi connectivity index (χ4n) is 4.25. The van der Waals surface area contributed by atoms with E-state index in [0.29, 0.717) is 25.4 Å². The summed E-state index contributed by atoms with van der Waals surface area (Å²) in [6.45, 7) is 2.98. The largest absolute Gasteiger partial charge is 0.392 e. The molecule has 0 aliphatic carbocycles. The number of likely N-dealkylation sites (tertiary alicyclic amines) is 1. The van der Waals surface area contributed by atoms with Gasteiger partial charge >= 0.3 is 0 Å². The highest BCUT2D eigenvalue weighted by molar-refractivity contribution is 7.90. The van der Waals surface area contributed by atoms with Crippen molar-refractivity contribution in [2.45, 2.75) is 42.7 Å². The molecule has 0 amide bonds. The summed E-state index contributed by atoms with van der Waals surface area (Å²) in [5.41, 5.74) is 3.16. The number of hydrogen-bond acceptors (Lipinski definition) is 7. The van der Waals surface area contributed by atoms with Crippen molar-refractivity contribution >= 4 is 20.7 Å². The smallest absolute Gasteiger partial charge is 0.244 e. The van der Waals surface area contributed by atoms with E-state index in [1.807, 2.05) is 31.3 Å². The second-order valence-corrected chi connectivity index (χ2v) is 10.3. The van der Waals surface area contributed by atoms with E-state index < -0.39 is 15.9 Å². The minimum atomic E-state index is -3.58. The molecule has 5 rings (SSSR count). The fourth-order valence-corrected chi connectivity index (χ4v) is 5.43. The molecule has 32 heavy (non-hydrogen) atoms. The van der Waals surface area contributed by atoms with Crippen molar-refractivity contribution in [1.29, 1.82) is 0 Å². The number of aryl methyl sites for hydroxylation is 1. The predicted octanol–water partition coefficient (Wildman–Crippen LogP) is 3.14. The third kappa shape index (κ3) is 4.06. The maximum Gasteiger partial charge on any atom is 0.244 e. The molecule has 0 radical (unpaired) electrons. The normalized spacial score (nSPS) is 19.7. The molecule has 2 N–H and O–H groups in total.